The molecule has 0 aliphatic rings. The predicted octanol–water partition coefficient (Wildman–Crippen LogP) is 0.762. The standard InChI is InChI=1S/C8H18O2.C3H6O3/c1-2-3-4-5-8(10)6-7-9;1-2(4)3(5)6/h8-10H,2-7H2,1H3;2,4H,1H3,(H,5,6). The van der Waals surface area contributed by atoms with Crippen molar-refractivity contribution < 1.29 is 25.2 Å². The topological polar surface area (TPSA) is 98.0 Å². The third-order valence-corrected chi connectivity index (χ3v) is 1.96. The maximum absolute atomic E-state index is 9.45. The Labute approximate surface area is 96.7 Å². The summed E-state index contributed by atoms with van der Waals surface area (Å²) in [6.45, 7) is 3.44. The second kappa shape index (κ2) is 12.4. The maximum atomic E-state index is 9.45. The van der Waals surface area contributed by atoms with Crippen LogP contribution in [0.15, 0.2) is 0 Å². The van der Waals surface area contributed by atoms with E-state index >= 15 is 0 Å². The van der Waals surface area contributed by atoms with Crippen molar-refractivity contribution in [3.05, 3.63) is 0 Å². The van der Waals surface area contributed by atoms with Crippen molar-refractivity contribution in [1.82, 2.24) is 0 Å². The summed E-state index contributed by atoms with van der Waals surface area (Å²) in [5, 5.41) is 33.3. The summed E-state index contributed by atoms with van der Waals surface area (Å²) in [5.41, 5.74) is 0. The van der Waals surface area contributed by atoms with Crippen molar-refractivity contribution in [2.45, 2.75) is 58.2 Å². The average molecular weight is 236 g/mol. The molecule has 5 nitrogen and oxygen atoms in total. The van der Waals surface area contributed by atoms with Crippen LogP contribution in [-0.2, 0) is 4.79 Å². The van der Waals surface area contributed by atoms with Gasteiger partial charge in [-0.05, 0) is 19.8 Å². The molecular formula is C11H24O5. The minimum Gasteiger partial charge on any atom is -0.479 e. The van der Waals surface area contributed by atoms with Crippen LogP contribution in [0.3, 0.4) is 0 Å². The third-order valence-electron chi connectivity index (χ3n) is 1.96. The van der Waals surface area contributed by atoms with E-state index in [-0.39, 0.29) is 12.7 Å². The molecule has 0 saturated carbocycles. The van der Waals surface area contributed by atoms with Crippen LogP contribution in [0.2, 0.25) is 0 Å². The van der Waals surface area contributed by atoms with E-state index in [2.05, 4.69) is 6.92 Å². The first-order valence-electron chi connectivity index (χ1n) is 5.65. The fourth-order valence-corrected chi connectivity index (χ4v) is 0.923. The Balaban J connectivity index is 0. The smallest absolute Gasteiger partial charge is 0.332 e. The molecule has 0 radical (unpaired) electrons. The Morgan fingerprint density at radius 2 is 1.69 bits per heavy atom. The number of aliphatic hydroxyl groups is 3. The predicted molar refractivity (Wildman–Crippen MR) is 61.2 cm³/mol. The lowest BCUT2D eigenvalue weighted by molar-refractivity contribution is -0.145. The number of rotatable bonds is 7. The molecular weight excluding hydrogens is 212 g/mol. The van der Waals surface area contributed by atoms with Crippen molar-refractivity contribution in [2.75, 3.05) is 6.61 Å². The first kappa shape index (κ1) is 17.7. The Bertz CT molecular complexity index is 158. The fourth-order valence-electron chi connectivity index (χ4n) is 0.923. The van der Waals surface area contributed by atoms with E-state index in [0.717, 1.165) is 12.8 Å². The first-order chi connectivity index (χ1) is 7.45. The van der Waals surface area contributed by atoms with Crippen LogP contribution >= 0.6 is 0 Å². The van der Waals surface area contributed by atoms with Gasteiger partial charge in [0.15, 0.2) is 0 Å². The van der Waals surface area contributed by atoms with Gasteiger partial charge in [-0.1, -0.05) is 26.2 Å². The number of unbranched alkanes of at least 4 members (excludes halogenated alkanes) is 2. The van der Waals surface area contributed by atoms with Gasteiger partial charge in [0.2, 0.25) is 0 Å². The van der Waals surface area contributed by atoms with Gasteiger partial charge < -0.3 is 20.4 Å². The first-order valence-corrected chi connectivity index (χ1v) is 5.65. The molecule has 16 heavy (non-hydrogen) atoms. The molecule has 0 spiro atoms. The van der Waals surface area contributed by atoms with E-state index in [1.807, 2.05) is 0 Å². The van der Waals surface area contributed by atoms with Gasteiger partial charge in [0, 0.05) is 6.61 Å². The summed E-state index contributed by atoms with van der Waals surface area (Å²) in [4.78, 5) is 9.45. The van der Waals surface area contributed by atoms with Gasteiger partial charge in [-0.15, -0.1) is 0 Å². The number of carboxylic acid groups (broad SMARTS) is 1. The molecule has 2 unspecified atom stereocenters. The molecule has 0 fully saturated rings. The summed E-state index contributed by atoms with van der Waals surface area (Å²) < 4.78 is 0. The lowest BCUT2D eigenvalue weighted by Gasteiger charge is -2.06. The molecule has 0 amide bonds. The molecule has 0 saturated heterocycles. The van der Waals surface area contributed by atoms with Crippen LogP contribution in [0, 0.1) is 0 Å². The number of aliphatic carboxylic acids is 1. The van der Waals surface area contributed by atoms with Crippen molar-refractivity contribution in [2.24, 2.45) is 0 Å². The average Bonchev–Trinajstić information content (AvgIpc) is 2.19. The van der Waals surface area contributed by atoms with Gasteiger partial charge in [-0.25, -0.2) is 4.79 Å². The molecule has 0 bridgehead atoms. The van der Waals surface area contributed by atoms with Crippen LogP contribution < -0.4 is 0 Å². The summed E-state index contributed by atoms with van der Waals surface area (Å²) in [6.07, 6.45) is 3.31. The highest BCUT2D eigenvalue weighted by Crippen LogP contribution is 2.05. The molecule has 4 N–H and O–H groups in total. The van der Waals surface area contributed by atoms with E-state index in [4.69, 9.17) is 20.4 Å². The molecule has 0 aromatic carbocycles. The molecule has 2 atom stereocenters. The van der Waals surface area contributed by atoms with E-state index in [9.17, 15) is 4.79 Å². The molecule has 5 heteroatoms. The lowest BCUT2D eigenvalue weighted by atomic mass is 10.1. The lowest BCUT2D eigenvalue weighted by Crippen LogP contribution is -2.13. The normalized spacial score (nSPS) is 13.6. The molecule has 0 aliphatic heterocycles. The molecule has 0 aromatic heterocycles. The third kappa shape index (κ3) is 15.8. The SMILES string of the molecule is CC(O)C(=O)O.CCCCCC(O)CCO. The van der Waals surface area contributed by atoms with Crippen molar-refractivity contribution in [3.8, 4) is 0 Å². The summed E-state index contributed by atoms with van der Waals surface area (Å²) in [6, 6.07) is 0. The number of hydrogen-bond acceptors (Lipinski definition) is 4. The second-order valence-corrected chi connectivity index (χ2v) is 3.68. The Hall–Kier alpha value is -0.650. The highest BCUT2D eigenvalue weighted by atomic mass is 16.4. The van der Waals surface area contributed by atoms with Gasteiger partial charge >= 0.3 is 5.97 Å². The number of aliphatic hydroxyl groups excluding tert-OH is 3. The zero-order valence-electron chi connectivity index (χ0n) is 10.1. The quantitative estimate of drug-likeness (QED) is 0.489. The van der Waals surface area contributed by atoms with Crippen LogP contribution in [0.4, 0.5) is 0 Å². The number of carbonyl (C=O) groups is 1. The summed E-state index contributed by atoms with van der Waals surface area (Å²) in [7, 11) is 0. The minimum atomic E-state index is -1.23. The molecule has 0 heterocycles. The summed E-state index contributed by atoms with van der Waals surface area (Å²) in [5.74, 6) is -1.19. The Kier molecular flexibility index (Phi) is 13.8. The van der Waals surface area contributed by atoms with Gasteiger partial charge in [-0.2, -0.15) is 0 Å². The number of carboxylic acids is 1. The second-order valence-electron chi connectivity index (χ2n) is 3.68. The molecule has 0 aliphatic carbocycles. The van der Waals surface area contributed by atoms with Crippen molar-refractivity contribution >= 4 is 5.97 Å². The monoisotopic (exact) mass is 236 g/mol. The zero-order valence-corrected chi connectivity index (χ0v) is 10.1. The van der Waals surface area contributed by atoms with E-state index in [0.29, 0.717) is 6.42 Å². The molecule has 0 rings (SSSR count). The minimum absolute atomic E-state index is 0.104. The molecule has 98 valence electrons. The van der Waals surface area contributed by atoms with E-state index in [1.54, 1.807) is 0 Å². The largest absolute Gasteiger partial charge is 0.479 e. The highest BCUT2D eigenvalue weighted by Gasteiger charge is 2.01. The van der Waals surface area contributed by atoms with Gasteiger partial charge in [0.05, 0.1) is 6.10 Å². The highest BCUT2D eigenvalue weighted by molar-refractivity contribution is 5.71. The van der Waals surface area contributed by atoms with Crippen LogP contribution in [0.1, 0.15) is 46.0 Å². The molecule has 0 aromatic rings. The van der Waals surface area contributed by atoms with E-state index < -0.39 is 12.1 Å². The van der Waals surface area contributed by atoms with Gasteiger partial charge in [-0.3, -0.25) is 0 Å². The van der Waals surface area contributed by atoms with Gasteiger partial charge in [0.25, 0.3) is 0 Å². The van der Waals surface area contributed by atoms with Crippen LogP contribution in [0.5, 0.6) is 0 Å². The fraction of sp³-hybridized carbons (Fsp3) is 0.909. The zero-order chi connectivity index (χ0) is 13.0. The van der Waals surface area contributed by atoms with Crippen LogP contribution in [0.25, 0.3) is 0 Å². The Morgan fingerprint density at radius 1 is 1.19 bits per heavy atom. The Morgan fingerprint density at radius 3 is 2.00 bits per heavy atom. The maximum Gasteiger partial charge on any atom is 0.332 e. The number of hydrogen-bond donors (Lipinski definition) is 4. The van der Waals surface area contributed by atoms with Crippen LogP contribution in [-0.4, -0.2) is 45.2 Å². The van der Waals surface area contributed by atoms with E-state index in [1.165, 1.54) is 19.8 Å². The van der Waals surface area contributed by atoms with Gasteiger partial charge in [0.1, 0.15) is 6.10 Å². The van der Waals surface area contributed by atoms with Crippen molar-refractivity contribution in [3.63, 3.8) is 0 Å². The van der Waals surface area contributed by atoms with Crippen molar-refractivity contribution in [1.29, 1.82) is 0 Å². The summed E-state index contributed by atoms with van der Waals surface area (Å²) >= 11 is 0.